The van der Waals surface area contributed by atoms with Crippen LogP contribution in [-0.4, -0.2) is 51.6 Å². The van der Waals surface area contributed by atoms with Gasteiger partial charge in [0, 0.05) is 13.0 Å². The molecular weight excluding hydrogens is 420 g/mol. The zero-order valence-electron chi connectivity index (χ0n) is 18.7. The molecule has 0 saturated carbocycles. The molecule has 0 bridgehead atoms. The van der Waals surface area contributed by atoms with Crippen molar-refractivity contribution in [3.05, 3.63) is 11.7 Å². The zero-order chi connectivity index (χ0) is 24.3. The number of nitrogens with two attached hydrogens (primary N) is 2. The molecule has 2 amide bonds. The van der Waals surface area contributed by atoms with Gasteiger partial charge in [-0.2, -0.15) is 4.98 Å². The van der Waals surface area contributed by atoms with Gasteiger partial charge >= 0.3 is 12.0 Å². The van der Waals surface area contributed by atoms with E-state index in [1.165, 1.54) is 6.92 Å². The lowest BCUT2D eigenvalue weighted by atomic mass is 10.0. The highest BCUT2D eigenvalue weighted by Gasteiger charge is 2.25. The van der Waals surface area contributed by atoms with Crippen LogP contribution in [0.15, 0.2) is 4.52 Å². The summed E-state index contributed by atoms with van der Waals surface area (Å²) in [6.07, 6.45) is 1.36. The first-order chi connectivity index (χ1) is 15.0. The van der Waals surface area contributed by atoms with E-state index in [2.05, 4.69) is 26.1 Å². The number of nitrogens with one attached hydrogen (secondary N) is 4. The molecule has 9 N–H and O–H groups in total. The second-order valence-electron chi connectivity index (χ2n) is 7.98. The molecule has 0 aliphatic carbocycles. The van der Waals surface area contributed by atoms with Gasteiger partial charge < -0.3 is 37.0 Å². The highest BCUT2D eigenvalue weighted by molar-refractivity contribution is 5.86. The number of carbonyl (C=O) groups is 3. The summed E-state index contributed by atoms with van der Waals surface area (Å²) in [6.45, 7) is 5.71. The molecule has 180 valence electrons. The summed E-state index contributed by atoms with van der Waals surface area (Å²) in [5.41, 5.74) is 11.2. The fourth-order valence-electron chi connectivity index (χ4n) is 2.89. The molecule has 32 heavy (non-hydrogen) atoms. The number of aromatic nitrogens is 2. The number of nitrogens with zero attached hydrogens (tertiary/aromatic N) is 2. The molecule has 0 saturated heterocycles. The van der Waals surface area contributed by atoms with Crippen molar-refractivity contribution < 1.29 is 24.0 Å². The summed E-state index contributed by atoms with van der Waals surface area (Å²) in [4.78, 5) is 39.4. The number of aliphatic carboxylic acids is 1. The number of hydrogen-bond donors (Lipinski definition) is 7. The van der Waals surface area contributed by atoms with Gasteiger partial charge in [-0.3, -0.25) is 15.0 Å². The minimum atomic E-state index is -0.986. The molecule has 0 spiro atoms. The number of urea groups is 1. The third-order valence-electron chi connectivity index (χ3n) is 4.55. The number of ketones is 1. The predicted octanol–water partition coefficient (Wildman–Crippen LogP) is 0.541. The molecule has 1 aromatic heterocycles. The van der Waals surface area contributed by atoms with Gasteiger partial charge in [0.1, 0.15) is 6.04 Å². The van der Waals surface area contributed by atoms with E-state index in [1.54, 1.807) is 0 Å². The van der Waals surface area contributed by atoms with Crippen molar-refractivity contribution in [1.82, 2.24) is 26.1 Å². The summed E-state index contributed by atoms with van der Waals surface area (Å²) in [5, 5.41) is 27.9. The SMILES string of the molecule is CC(=O)[C@H](CC(C)C)NC(=O)N[C@@H](CCCNC(=N)N)c1nc([C@@H](N)CCC(=O)O)no1. The number of rotatable bonds is 14. The minimum absolute atomic E-state index is 0.104. The Labute approximate surface area is 186 Å². The first-order valence-electron chi connectivity index (χ1n) is 10.5. The first-order valence-corrected chi connectivity index (χ1v) is 10.5. The van der Waals surface area contributed by atoms with Crippen LogP contribution in [-0.2, 0) is 9.59 Å². The standard InChI is InChI=1S/C19H34N8O5/c1-10(2)9-14(11(3)28)25-19(31)24-13(5-4-8-23-18(21)22)17-26-16(27-32-17)12(20)6-7-15(29)30/h10,12-14H,4-9,20H2,1-3H3,(H,29,30)(H4,21,22,23)(H2,24,25,31)/t12-,13-,14-/m0/s1. The van der Waals surface area contributed by atoms with Crippen molar-refractivity contribution >= 4 is 23.7 Å². The molecule has 1 rings (SSSR count). The van der Waals surface area contributed by atoms with Gasteiger partial charge in [0.25, 0.3) is 0 Å². The van der Waals surface area contributed by atoms with Gasteiger partial charge in [0.05, 0.1) is 12.1 Å². The summed E-state index contributed by atoms with van der Waals surface area (Å²) >= 11 is 0. The van der Waals surface area contributed by atoms with Crippen molar-refractivity contribution in [2.45, 2.75) is 71.0 Å². The average molecular weight is 455 g/mol. The monoisotopic (exact) mass is 454 g/mol. The molecule has 0 fully saturated rings. The third kappa shape index (κ3) is 10.2. The molecule has 0 aliphatic rings. The Hall–Kier alpha value is -3.22. The number of Topliss-reactive ketones (excluding diaryl/α,β-unsaturated/α-hetero) is 1. The molecule has 13 heteroatoms. The van der Waals surface area contributed by atoms with Crippen LogP contribution >= 0.6 is 0 Å². The lowest BCUT2D eigenvalue weighted by Crippen LogP contribution is -2.47. The Morgan fingerprint density at radius 1 is 1.22 bits per heavy atom. The Morgan fingerprint density at radius 2 is 1.91 bits per heavy atom. The number of carbonyl (C=O) groups excluding carboxylic acids is 2. The van der Waals surface area contributed by atoms with Crippen LogP contribution in [0.2, 0.25) is 0 Å². The van der Waals surface area contributed by atoms with Crippen LogP contribution in [0.1, 0.15) is 76.7 Å². The van der Waals surface area contributed by atoms with Gasteiger partial charge in [0.15, 0.2) is 17.6 Å². The molecule has 0 unspecified atom stereocenters. The summed E-state index contributed by atoms with van der Waals surface area (Å²) in [6, 6.07) is -2.61. The van der Waals surface area contributed by atoms with Crippen molar-refractivity contribution in [3.8, 4) is 0 Å². The Kier molecular flexibility index (Phi) is 11.1. The zero-order valence-corrected chi connectivity index (χ0v) is 18.7. The topological polar surface area (TPSA) is 222 Å². The number of carboxylic acids is 1. The van der Waals surface area contributed by atoms with Gasteiger partial charge in [-0.15, -0.1) is 0 Å². The number of carboxylic acid groups (broad SMARTS) is 1. The van der Waals surface area contributed by atoms with E-state index >= 15 is 0 Å². The van der Waals surface area contributed by atoms with Gasteiger partial charge in [-0.1, -0.05) is 19.0 Å². The van der Waals surface area contributed by atoms with Crippen molar-refractivity contribution in [3.63, 3.8) is 0 Å². The van der Waals surface area contributed by atoms with E-state index in [9.17, 15) is 14.4 Å². The molecule has 13 nitrogen and oxygen atoms in total. The highest BCUT2D eigenvalue weighted by Crippen LogP contribution is 2.20. The maximum Gasteiger partial charge on any atom is 0.316 e. The van der Waals surface area contributed by atoms with Gasteiger partial charge in [-0.05, 0) is 38.5 Å². The first kappa shape index (κ1) is 26.8. The van der Waals surface area contributed by atoms with E-state index in [1.807, 2.05) is 13.8 Å². The molecule has 0 aliphatic heterocycles. The lowest BCUT2D eigenvalue weighted by molar-refractivity contribution is -0.137. The van der Waals surface area contributed by atoms with Crippen molar-refractivity contribution in [2.24, 2.45) is 17.4 Å². The number of amides is 2. The van der Waals surface area contributed by atoms with Crippen LogP contribution in [0.4, 0.5) is 4.79 Å². The fraction of sp³-hybridized carbons (Fsp3) is 0.684. The van der Waals surface area contributed by atoms with Crippen molar-refractivity contribution in [1.29, 1.82) is 5.41 Å². The third-order valence-corrected chi connectivity index (χ3v) is 4.55. The van der Waals surface area contributed by atoms with Crippen LogP contribution in [0.5, 0.6) is 0 Å². The lowest BCUT2D eigenvalue weighted by Gasteiger charge is -2.21. The summed E-state index contributed by atoms with van der Waals surface area (Å²) in [5.74, 6) is -0.859. The average Bonchev–Trinajstić information content (AvgIpc) is 3.17. The summed E-state index contributed by atoms with van der Waals surface area (Å²) < 4.78 is 5.27. The summed E-state index contributed by atoms with van der Waals surface area (Å²) in [7, 11) is 0. The highest BCUT2D eigenvalue weighted by atomic mass is 16.5. The van der Waals surface area contributed by atoms with E-state index in [-0.39, 0.29) is 42.2 Å². The van der Waals surface area contributed by atoms with E-state index in [0.717, 1.165) is 0 Å². The van der Waals surface area contributed by atoms with E-state index in [0.29, 0.717) is 25.8 Å². The van der Waals surface area contributed by atoms with E-state index in [4.69, 9.17) is 26.5 Å². The van der Waals surface area contributed by atoms with Crippen LogP contribution < -0.4 is 27.4 Å². The molecule has 1 aromatic rings. The maximum absolute atomic E-state index is 12.6. The molecule has 0 radical (unpaired) electrons. The Bertz CT molecular complexity index is 782. The van der Waals surface area contributed by atoms with Gasteiger partial charge in [0.2, 0.25) is 5.89 Å². The molecular formula is C19H34N8O5. The minimum Gasteiger partial charge on any atom is -0.481 e. The molecule has 1 heterocycles. The molecule has 3 atom stereocenters. The second kappa shape index (κ2) is 13.2. The maximum atomic E-state index is 12.6. The van der Waals surface area contributed by atoms with Crippen LogP contribution in [0.3, 0.4) is 0 Å². The number of hydrogen-bond acceptors (Lipinski definition) is 8. The largest absolute Gasteiger partial charge is 0.481 e. The van der Waals surface area contributed by atoms with Crippen molar-refractivity contribution in [2.75, 3.05) is 6.54 Å². The quantitative estimate of drug-likeness (QED) is 0.117. The predicted molar refractivity (Wildman–Crippen MR) is 116 cm³/mol. The van der Waals surface area contributed by atoms with Crippen LogP contribution in [0, 0.1) is 11.3 Å². The van der Waals surface area contributed by atoms with Crippen LogP contribution in [0.25, 0.3) is 0 Å². The normalized spacial score (nSPS) is 13.8. The Morgan fingerprint density at radius 3 is 2.47 bits per heavy atom. The Balaban J connectivity index is 2.88. The smallest absolute Gasteiger partial charge is 0.316 e. The fourth-order valence-corrected chi connectivity index (χ4v) is 2.89. The van der Waals surface area contributed by atoms with E-state index < -0.39 is 30.1 Å². The number of guanidine groups is 1. The molecule has 0 aromatic carbocycles. The van der Waals surface area contributed by atoms with Gasteiger partial charge in [-0.25, -0.2) is 4.79 Å². The second-order valence-corrected chi connectivity index (χ2v) is 7.98.